The van der Waals surface area contributed by atoms with Crippen LogP contribution in [0.5, 0.6) is 0 Å². The standard InChI is InChI=1S/C13H22N2O2S/c1-9(2)12(14)8-15-18(16,17)13-6-5-10(3)7-11(13)4/h5-7,9,12,15H,8,14H2,1-4H3. The Kier molecular flexibility index (Phi) is 4.90. The van der Waals surface area contributed by atoms with Crippen LogP contribution in [0.1, 0.15) is 25.0 Å². The van der Waals surface area contributed by atoms with E-state index in [9.17, 15) is 8.42 Å². The van der Waals surface area contributed by atoms with E-state index in [0.29, 0.717) is 4.90 Å². The molecule has 0 heterocycles. The Bertz CT molecular complexity index is 510. The Hall–Kier alpha value is -0.910. The third kappa shape index (κ3) is 3.80. The summed E-state index contributed by atoms with van der Waals surface area (Å²) in [7, 11) is -3.47. The van der Waals surface area contributed by atoms with E-state index >= 15 is 0 Å². The molecule has 0 saturated carbocycles. The van der Waals surface area contributed by atoms with Gasteiger partial charge in [-0.2, -0.15) is 0 Å². The van der Waals surface area contributed by atoms with Crippen LogP contribution >= 0.6 is 0 Å². The van der Waals surface area contributed by atoms with E-state index < -0.39 is 10.0 Å². The lowest BCUT2D eigenvalue weighted by molar-refractivity contribution is 0.481. The van der Waals surface area contributed by atoms with E-state index in [2.05, 4.69) is 4.72 Å². The van der Waals surface area contributed by atoms with Gasteiger partial charge in [0.25, 0.3) is 0 Å². The lowest BCUT2D eigenvalue weighted by atomic mass is 10.1. The van der Waals surface area contributed by atoms with Crippen LogP contribution in [0.25, 0.3) is 0 Å². The largest absolute Gasteiger partial charge is 0.326 e. The summed E-state index contributed by atoms with van der Waals surface area (Å²) >= 11 is 0. The summed E-state index contributed by atoms with van der Waals surface area (Å²) in [5.74, 6) is 0.242. The van der Waals surface area contributed by atoms with Crippen LogP contribution in [-0.4, -0.2) is 21.0 Å². The van der Waals surface area contributed by atoms with Gasteiger partial charge in [0.15, 0.2) is 0 Å². The number of benzene rings is 1. The molecule has 1 atom stereocenters. The van der Waals surface area contributed by atoms with Crippen molar-refractivity contribution >= 4 is 10.0 Å². The molecule has 0 fully saturated rings. The van der Waals surface area contributed by atoms with Crippen molar-refractivity contribution in [2.75, 3.05) is 6.54 Å². The second kappa shape index (κ2) is 5.82. The number of nitrogens with one attached hydrogen (secondary N) is 1. The van der Waals surface area contributed by atoms with Crippen molar-refractivity contribution in [3.05, 3.63) is 29.3 Å². The number of hydrogen-bond donors (Lipinski definition) is 2. The molecule has 0 amide bonds. The molecular formula is C13H22N2O2S. The van der Waals surface area contributed by atoms with Gasteiger partial charge in [-0.25, -0.2) is 13.1 Å². The maximum absolute atomic E-state index is 12.1. The minimum atomic E-state index is -3.47. The first kappa shape index (κ1) is 15.1. The Morgan fingerprint density at radius 1 is 1.28 bits per heavy atom. The fraction of sp³-hybridized carbons (Fsp3) is 0.538. The van der Waals surface area contributed by atoms with Crippen LogP contribution in [0, 0.1) is 19.8 Å². The Morgan fingerprint density at radius 3 is 2.39 bits per heavy atom. The number of rotatable bonds is 5. The maximum atomic E-state index is 12.1. The predicted molar refractivity (Wildman–Crippen MR) is 73.9 cm³/mol. The Balaban J connectivity index is 2.87. The number of hydrogen-bond acceptors (Lipinski definition) is 3. The Labute approximate surface area is 110 Å². The minimum absolute atomic E-state index is 0.175. The summed E-state index contributed by atoms with van der Waals surface area (Å²) in [6.45, 7) is 7.93. The molecule has 1 rings (SSSR count). The number of sulfonamides is 1. The zero-order chi connectivity index (χ0) is 13.9. The van der Waals surface area contributed by atoms with Gasteiger partial charge in [-0.15, -0.1) is 0 Å². The summed E-state index contributed by atoms with van der Waals surface area (Å²) < 4.78 is 26.8. The lowest BCUT2D eigenvalue weighted by Crippen LogP contribution is -2.40. The van der Waals surface area contributed by atoms with Gasteiger partial charge in [-0.1, -0.05) is 31.5 Å². The maximum Gasteiger partial charge on any atom is 0.240 e. The van der Waals surface area contributed by atoms with Crippen molar-refractivity contribution in [1.82, 2.24) is 4.72 Å². The summed E-state index contributed by atoms with van der Waals surface area (Å²) in [6, 6.07) is 5.11. The van der Waals surface area contributed by atoms with Gasteiger partial charge in [0, 0.05) is 12.6 Å². The highest BCUT2D eigenvalue weighted by Crippen LogP contribution is 2.16. The van der Waals surface area contributed by atoms with Crippen molar-refractivity contribution in [3.8, 4) is 0 Å². The van der Waals surface area contributed by atoms with Gasteiger partial charge < -0.3 is 5.73 Å². The van der Waals surface area contributed by atoms with Gasteiger partial charge in [-0.05, 0) is 31.4 Å². The highest BCUT2D eigenvalue weighted by atomic mass is 32.2. The van der Waals surface area contributed by atoms with E-state index in [4.69, 9.17) is 5.73 Å². The van der Waals surface area contributed by atoms with Gasteiger partial charge in [-0.3, -0.25) is 0 Å². The molecule has 0 saturated heterocycles. The van der Waals surface area contributed by atoms with Crippen molar-refractivity contribution < 1.29 is 8.42 Å². The molecule has 4 nitrogen and oxygen atoms in total. The summed E-state index contributed by atoms with van der Waals surface area (Å²) in [4.78, 5) is 0.323. The molecule has 0 spiro atoms. The van der Waals surface area contributed by atoms with Crippen LogP contribution in [0.4, 0.5) is 0 Å². The average molecular weight is 270 g/mol. The van der Waals surface area contributed by atoms with Crippen LogP contribution in [0.3, 0.4) is 0 Å². The first-order valence-electron chi connectivity index (χ1n) is 6.06. The number of nitrogens with two attached hydrogens (primary N) is 1. The fourth-order valence-electron chi connectivity index (χ4n) is 1.62. The van der Waals surface area contributed by atoms with Gasteiger partial charge in [0.1, 0.15) is 0 Å². The van der Waals surface area contributed by atoms with Crippen molar-refractivity contribution in [2.45, 2.75) is 38.6 Å². The molecule has 0 bridgehead atoms. The molecule has 0 aliphatic carbocycles. The quantitative estimate of drug-likeness (QED) is 0.853. The van der Waals surface area contributed by atoms with Crippen LogP contribution in [-0.2, 0) is 10.0 Å². The fourth-order valence-corrected chi connectivity index (χ4v) is 2.92. The second-order valence-electron chi connectivity index (χ2n) is 5.03. The molecule has 102 valence electrons. The van der Waals surface area contributed by atoms with Crippen molar-refractivity contribution in [1.29, 1.82) is 0 Å². The van der Waals surface area contributed by atoms with Gasteiger partial charge in [0.05, 0.1) is 4.90 Å². The monoisotopic (exact) mass is 270 g/mol. The topological polar surface area (TPSA) is 72.2 Å². The van der Waals surface area contributed by atoms with E-state index in [1.54, 1.807) is 19.1 Å². The van der Waals surface area contributed by atoms with E-state index in [0.717, 1.165) is 11.1 Å². The SMILES string of the molecule is Cc1ccc(S(=O)(=O)NCC(N)C(C)C)c(C)c1. The van der Waals surface area contributed by atoms with Crippen molar-refractivity contribution in [3.63, 3.8) is 0 Å². The normalized spacial score (nSPS) is 13.9. The minimum Gasteiger partial charge on any atom is -0.326 e. The molecule has 3 N–H and O–H groups in total. The van der Waals surface area contributed by atoms with Crippen LogP contribution < -0.4 is 10.5 Å². The molecule has 18 heavy (non-hydrogen) atoms. The smallest absolute Gasteiger partial charge is 0.240 e. The van der Waals surface area contributed by atoms with E-state index in [1.165, 1.54) is 0 Å². The highest BCUT2D eigenvalue weighted by Gasteiger charge is 2.18. The molecule has 1 aromatic rings. The van der Waals surface area contributed by atoms with Gasteiger partial charge in [0.2, 0.25) is 10.0 Å². The summed E-state index contributed by atoms with van der Waals surface area (Å²) in [5.41, 5.74) is 7.63. The van der Waals surface area contributed by atoms with Crippen LogP contribution in [0.2, 0.25) is 0 Å². The average Bonchev–Trinajstić information content (AvgIpc) is 2.25. The molecule has 0 aliphatic heterocycles. The van der Waals surface area contributed by atoms with Crippen molar-refractivity contribution in [2.24, 2.45) is 11.7 Å². The second-order valence-corrected chi connectivity index (χ2v) is 6.76. The molecule has 0 radical (unpaired) electrons. The molecule has 1 unspecified atom stereocenters. The number of aryl methyl sites for hydroxylation is 2. The van der Waals surface area contributed by atoms with E-state index in [1.807, 2.05) is 26.8 Å². The Morgan fingerprint density at radius 2 is 1.89 bits per heavy atom. The predicted octanol–water partition coefficient (Wildman–Crippen LogP) is 1.57. The zero-order valence-corrected chi connectivity index (χ0v) is 12.2. The van der Waals surface area contributed by atoms with Crippen LogP contribution in [0.15, 0.2) is 23.1 Å². The molecular weight excluding hydrogens is 248 g/mol. The van der Waals surface area contributed by atoms with E-state index in [-0.39, 0.29) is 18.5 Å². The molecule has 0 aromatic heterocycles. The molecule has 5 heteroatoms. The first-order valence-corrected chi connectivity index (χ1v) is 7.55. The molecule has 0 aliphatic rings. The highest BCUT2D eigenvalue weighted by molar-refractivity contribution is 7.89. The third-order valence-corrected chi connectivity index (χ3v) is 4.57. The lowest BCUT2D eigenvalue weighted by Gasteiger charge is -2.17. The van der Waals surface area contributed by atoms with Gasteiger partial charge >= 0.3 is 0 Å². The summed E-state index contributed by atoms with van der Waals surface area (Å²) in [6.07, 6.45) is 0. The third-order valence-electron chi connectivity index (χ3n) is 2.99. The first-order chi connectivity index (χ1) is 8.24. The zero-order valence-electron chi connectivity index (χ0n) is 11.4. The summed E-state index contributed by atoms with van der Waals surface area (Å²) in [5, 5.41) is 0. The molecule has 1 aromatic carbocycles.